The lowest BCUT2D eigenvalue weighted by Gasteiger charge is -2.04. The normalized spacial score (nSPS) is 10.7. The van der Waals surface area contributed by atoms with E-state index in [0.717, 1.165) is 19.4 Å². The van der Waals surface area contributed by atoms with E-state index in [4.69, 9.17) is 10.5 Å². The summed E-state index contributed by atoms with van der Waals surface area (Å²) >= 11 is 0. The maximum absolute atomic E-state index is 10.5. The van der Waals surface area contributed by atoms with Crippen LogP contribution < -0.4 is 5.73 Å². The zero-order valence-corrected chi connectivity index (χ0v) is 12.1. The Kier molecular flexibility index (Phi) is 14.0. The van der Waals surface area contributed by atoms with Gasteiger partial charge in [0.25, 0.3) is 0 Å². The quantitative estimate of drug-likeness (QED) is 0.481. The molecule has 0 aromatic carbocycles. The van der Waals surface area contributed by atoms with Gasteiger partial charge in [0.05, 0.1) is 0 Å². The fourth-order valence-electron chi connectivity index (χ4n) is 1.97. The topological polar surface area (TPSA) is 52.3 Å². The van der Waals surface area contributed by atoms with E-state index in [1.807, 2.05) is 0 Å². The molecule has 0 atom stereocenters. The van der Waals surface area contributed by atoms with E-state index in [1.54, 1.807) is 0 Å². The molecule has 0 unspecified atom stereocenters. The molecule has 0 aromatic rings. The number of unbranched alkanes of at least 4 members (excludes halogenated alkanes) is 8. The molecule has 3 nitrogen and oxygen atoms in total. The van der Waals surface area contributed by atoms with Crippen molar-refractivity contribution in [3.8, 4) is 0 Å². The van der Waals surface area contributed by atoms with Gasteiger partial charge in [0, 0.05) is 19.6 Å². The molecular formula is C15H31NO2. The molecule has 0 saturated heterocycles. The highest BCUT2D eigenvalue weighted by Gasteiger charge is 1.95. The zero-order chi connectivity index (χ0) is 13.5. The summed E-state index contributed by atoms with van der Waals surface area (Å²) in [5.41, 5.74) is 5.04. The third-order valence-corrected chi connectivity index (χ3v) is 3.10. The summed E-state index contributed by atoms with van der Waals surface area (Å²) in [6.07, 6.45) is 13.2. The van der Waals surface area contributed by atoms with Crippen molar-refractivity contribution >= 4 is 5.91 Å². The SMILES string of the molecule is CCCCCCCCCCCOCCCC(N)=O. The van der Waals surface area contributed by atoms with Crippen LogP contribution in [-0.4, -0.2) is 19.1 Å². The number of carbonyl (C=O) groups is 1. The monoisotopic (exact) mass is 257 g/mol. The lowest BCUT2D eigenvalue weighted by Crippen LogP contribution is -2.11. The summed E-state index contributed by atoms with van der Waals surface area (Å²) in [4.78, 5) is 10.5. The van der Waals surface area contributed by atoms with Gasteiger partial charge >= 0.3 is 0 Å². The Balaban J connectivity index is 2.92. The molecule has 0 bridgehead atoms. The standard InChI is InChI=1S/C15H31NO2/c1-2-3-4-5-6-7-8-9-10-13-18-14-11-12-15(16)17/h2-14H2,1H3,(H2,16,17). The second kappa shape index (κ2) is 14.5. The fraction of sp³-hybridized carbons (Fsp3) is 0.933. The summed E-state index contributed by atoms with van der Waals surface area (Å²) < 4.78 is 5.44. The average Bonchev–Trinajstić information content (AvgIpc) is 2.34. The molecule has 0 spiro atoms. The minimum absolute atomic E-state index is 0.235. The molecule has 18 heavy (non-hydrogen) atoms. The molecule has 1 amide bonds. The first-order valence-electron chi connectivity index (χ1n) is 7.63. The van der Waals surface area contributed by atoms with Crippen LogP contribution in [0.3, 0.4) is 0 Å². The number of nitrogens with two attached hydrogens (primary N) is 1. The third-order valence-electron chi connectivity index (χ3n) is 3.10. The Bertz CT molecular complexity index is 183. The summed E-state index contributed by atoms with van der Waals surface area (Å²) in [6, 6.07) is 0. The van der Waals surface area contributed by atoms with E-state index in [9.17, 15) is 4.79 Å². The number of rotatable bonds is 14. The predicted molar refractivity (Wildman–Crippen MR) is 76.5 cm³/mol. The van der Waals surface area contributed by atoms with E-state index < -0.39 is 0 Å². The number of ether oxygens (including phenoxy) is 1. The van der Waals surface area contributed by atoms with Crippen LogP contribution in [0.4, 0.5) is 0 Å². The van der Waals surface area contributed by atoms with Crippen molar-refractivity contribution in [2.24, 2.45) is 5.73 Å². The van der Waals surface area contributed by atoms with E-state index in [2.05, 4.69) is 6.92 Å². The first-order valence-corrected chi connectivity index (χ1v) is 7.63. The van der Waals surface area contributed by atoms with Crippen LogP contribution in [0.2, 0.25) is 0 Å². The van der Waals surface area contributed by atoms with Crippen LogP contribution >= 0.6 is 0 Å². The van der Waals surface area contributed by atoms with Crippen LogP contribution in [0, 0.1) is 0 Å². The molecule has 0 radical (unpaired) electrons. The van der Waals surface area contributed by atoms with Crippen LogP contribution in [0.1, 0.15) is 77.6 Å². The highest BCUT2D eigenvalue weighted by atomic mass is 16.5. The second-order valence-corrected chi connectivity index (χ2v) is 5.01. The minimum Gasteiger partial charge on any atom is -0.381 e. The first kappa shape index (κ1) is 17.4. The van der Waals surface area contributed by atoms with Gasteiger partial charge in [-0.25, -0.2) is 0 Å². The molecule has 0 fully saturated rings. The predicted octanol–water partition coefficient (Wildman–Crippen LogP) is 3.80. The maximum atomic E-state index is 10.5. The smallest absolute Gasteiger partial charge is 0.217 e. The highest BCUT2D eigenvalue weighted by Crippen LogP contribution is 2.09. The van der Waals surface area contributed by atoms with Gasteiger partial charge in [-0.15, -0.1) is 0 Å². The number of carbonyl (C=O) groups excluding carboxylic acids is 1. The van der Waals surface area contributed by atoms with Crippen LogP contribution in [0.15, 0.2) is 0 Å². The molecule has 2 N–H and O–H groups in total. The molecule has 0 aromatic heterocycles. The van der Waals surface area contributed by atoms with Crippen molar-refractivity contribution in [2.75, 3.05) is 13.2 Å². The van der Waals surface area contributed by atoms with Crippen LogP contribution in [-0.2, 0) is 9.53 Å². The summed E-state index contributed by atoms with van der Waals surface area (Å²) in [5, 5.41) is 0. The van der Waals surface area contributed by atoms with Crippen molar-refractivity contribution in [1.29, 1.82) is 0 Å². The number of hydrogen-bond acceptors (Lipinski definition) is 2. The molecule has 0 heterocycles. The molecule has 0 saturated carbocycles. The fourth-order valence-corrected chi connectivity index (χ4v) is 1.97. The minimum atomic E-state index is -0.235. The Morgan fingerprint density at radius 1 is 0.833 bits per heavy atom. The van der Waals surface area contributed by atoms with Crippen molar-refractivity contribution in [3.05, 3.63) is 0 Å². The molecule has 108 valence electrons. The number of hydrogen-bond donors (Lipinski definition) is 1. The van der Waals surface area contributed by atoms with Crippen LogP contribution in [0.5, 0.6) is 0 Å². The van der Waals surface area contributed by atoms with Gasteiger partial charge in [0.2, 0.25) is 5.91 Å². The average molecular weight is 257 g/mol. The molecule has 0 aliphatic rings. The molecule has 0 rings (SSSR count). The van der Waals surface area contributed by atoms with Gasteiger partial charge in [0.15, 0.2) is 0 Å². The zero-order valence-electron chi connectivity index (χ0n) is 12.1. The van der Waals surface area contributed by atoms with Crippen molar-refractivity contribution in [2.45, 2.75) is 77.6 Å². The molecular weight excluding hydrogens is 226 g/mol. The van der Waals surface area contributed by atoms with E-state index in [-0.39, 0.29) is 5.91 Å². The Morgan fingerprint density at radius 2 is 1.33 bits per heavy atom. The Hall–Kier alpha value is -0.570. The summed E-state index contributed by atoms with van der Waals surface area (Å²) in [7, 11) is 0. The van der Waals surface area contributed by atoms with Gasteiger partial charge in [-0.1, -0.05) is 58.3 Å². The first-order chi connectivity index (χ1) is 8.77. The van der Waals surface area contributed by atoms with Gasteiger partial charge in [0.1, 0.15) is 0 Å². The van der Waals surface area contributed by atoms with Crippen molar-refractivity contribution < 1.29 is 9.53 Å². The van der Waals surface area contributed by atoms with Gasteiger partial charge in [-0.3, -0.25) is 4.79 Å². The van der Waals surface area contributed by atoms with Crippen molar-refractivity contribution in [1.82, 2.24) is 0 Å². The van der Waals surface area contributed by atoms with Crippen molar-refractivity contribution in [3.63, 3.8) is 0 Å². The lowest BCUT2D eigenvalue weighted by atomic mass is 10.1. The highest BCUT2D eigenvalue weighted by molar-refractivity contribution is 5.73. The third kappa shape index (κ3) is 15.4. The number of primary amides is 1. The Morgan fingerprint density at radius 3 is 1.89 bits per heavy atom. The molecule has 3 heteroatoms. The van der Waals surface area contributed by atoms with E-state index >= 15 is 0 Å². The van der Waals surface area contributed by atoms with E-state index in [0.29, 0.717) is 13.0 Å². The second-order valence-electron chi connectivity index (χ2n) is 5.01. The molecule has 0 aliphatic carbocycles. The summed E-state index contributed by atoms with van der Waals surface area (Å²) in [5.74, 6) is -0.235. The summed E-state index contributed by atoms with van der Waals surface area (Å²) in [6.45, 7) is 3.75. The van der Waals surface area contributed by atoms with Gasteiger partial charge in [-0.05, 0) is 12.8 Å². The lowest BCUT2D eigenvalue weighted by molar-refractivity contribution is -0.118. The maximum Gasteiger partial charge on any atom is 0.217 e. The largest absolute Gasteiger partial charge is 0.381 e. The van der Waals surface area contributed by atoms with E-state index in [1.165, 1.54) is 51.4 Å². The Labute approximate surface area is 112 Å². The van der Waals surface area contributed by atoms with Gasteiger partial charge < -0.3 is 10.5 Å². The van der Waals surface area contributed by atoms with Gasteiger partial charge in [-0.2, -0.15) is 0 Å². The molecule has 0 aliphatic heterocycles. The van der Waals surface area contributed by atoms with Crippen LogP contribution in [0.25, 0.3) is 0 Å². The number of amides is 1.